The molecule has 0 N–H and O–H groups in total. The van der Waals surface area contributed by atoms with E-state index in [2.05, 4.69) is 21.8 Å². The second-order valence-corrected chi connectivity index (χ2v) is 4.08. The number of ether oxygens (including phenoxy) is 1. The van der Waals surface area contributed by atoms with Crippen LogP contribution in [-0.4, -0.2) is 29.2 Å². The highest BCUT2D eigenvalue weighted by Gasteiger charge is 2.32. The molecule has 0 radical (unpaired) electrons. The Morgan fingerprint density at radius 2 is 2.27 bits per heavy atom. The van der Waals surface area contributed by atoms with E-state index in [1.807, 2.05) is 14.0 Å². The summed E-state index contributed by atoms with van der Waals surface area (Å²) in [5.41, 5.74) is 0. The lowest BCUT2D eigenvalue weighted by Crippen LogP contribution is -2.46. The summed E-state index contributed by atoms with van der Waals surface area (Å²) in [6.07, 6.45) is 2.58. The molecule has 5 heteroatoms. The quantitative estimate of drug-likeness (QED) is 0.689. The maximum absolute atomic E-state index is 5.96. The molecular formula is C10H14ClN3O. The van der Waals surface area contributed by atoms with Gasteiger partial charge in [-0.3, -0.25) is 0 Å². The van der Waals surface area contributed by atoms with Gasteiger partial charge in [0, 0.05) is 7.05 Å². The number of hydrogen-bond donors (Lipinski definition) is 0. The van der Waals surface area contributed by atoms with Gasteiger partial charge in [0.1, 0.15) is 12.4 Å². The number of aromatic nitrogens is 2. The fourth-order valence-corrected chi connectivity index (χ4v) is 2.21. The number of halogens is 1. The van der Waals surface area contributed by atoms with Crippen molar-refractivity contribution in [3.63, 3.8) is 0 Å². The van der Waals surface area contributed by atoms with Gasteiger partial charge in [-0.15, -0.1) is 0 Å². The first-order valence-corrected chi connectivity index (χ1v) is 5.43. The van der Waals surface area contributed by atoms with E-state index in [4.69, 9.17) is 16.3 Å². The first-order chi connectivity index (χ1) is 7.15. The Morgan fingerprint density at radius 3 is 2.93 bits per heavy atom. The van der Waals surface area contributed by atoms with E-state index < -0.39 is 0 Å². The maximum Gasteiger partial charge on any atom is 0.199 e. The standard InChI is InChI=1S/C10H14ClN3O/c1-4-7-6(2)15-8-9(11)12-5-13-10(8)14(7)3/h5-7H,4H2,1-3H3. The average Bonchev–Trinajstić information content (AvgIpc) is 2.20. The lowest BCUT2D eigenvalue weighted by molar-refractivity contribution is 0.167. The molecule has 0 amide bonds. The Hall–Kier alpha value is -1.03. The Bertz CT molecular complexity index is 372. The molecule has 0 aliphatic carbocycles. The monoisotopic (exact) mass is 227 g/mol. The van der Waals surface area contributed by atoms with Crippen molar-refractivity contribution >= 4 is 17.4 Å². The van der Waals surface area contributed by atoms with E-state index in [1.54, 1.807) is 0 Å². The predicted octanol–water partition coefficient (Wildman–Crippen LogP) is 2.13. The van der Waals surface area contributed by atoms with Crippen molar-refractivity contribution in [2.45, 2.75) is 32.4 Å². The van der Waals surface area contributed by atoms with Crippen LogP contribution in [0.5, 0.6) is 5.75 Å². The van der Waals surface area contributed by atoms with Crippen LogP contribution in [0.1, 0.15) is 20.3 Å². The SMILES string of the molecule is CCC1C(C)Oc2c(Cl)ncnc2N1C. The van der Waals surface area contributed by atoms with Crippen LogP contribution >= 0.6 is 11.6 Å². The summed E-state index contributed by atoms with van der Waals surface area (Å²) in [5.74, 6) is 1.37. The normalized spacial score (nSPS) is 24.7. The zero-order chi connectivity index (χ0) is 11.0. The van der Waals surface area contributed by atoms with Crippen LogP contribution in [0.2, 0.25) is 5.15 Å². The first kappa shape index (κ1) is 10.5. The van der Waals surface area contributed by atoms with Crippen LogP contribution in [-0.2, 0) is 0 Å². The molecule has 0 spiro atoms. The molecule has 2 heterocycles. The molecule has 0 fully saturated rings. The van der Waals surface area contributed by atoms with Crippen molar-refractivity contribution in [2.24, 2.45) is 0 Å². The van der Waals surface area contributed by atoms with E-state index in [1.165, 1.54) is 6.33 Å². The molecule has 2 rings (SSSR count). The van der Waals surface area contributed by atoms with Crippen molar-refractivity contribution in [1.82, 2.24) is 9.97 Å². The Labute approximate surface area is 94.2 Å². The molecule has 2 unspecified atom stereocenters. The fraction of sp³-hybridized carbons (Fsp3) is 0.600. The maximum atomic E-state index is 5.96. The molecule has 0 saturated heterocycles. The van der Waals surface area contributed by atoms with Gasteiger partial charge in [-0.2, -0.15) is 0 Å². The van der Waals surface area contributed by atoms with Crippen LogP contribution < -0.4 is 9.64 Å². The Balaban J connectivity index is 2.45. The van der Waals surface area contributed by atoms with Crippen molar-refractivity contribution in [3.8, 4) is 5.75 Å². The van der Waals surface area contributed by atoms with E-state index >= 15 is 0 Å². The minimum atomic E-state index is 0.107. The molecule has 82 valence electrons. The number of nitrogens with zero attached hydrogens (tertiary/aromatic N) is 3. The van der Waals surface area contributed by atoms with Crippen LogP contribution in [0, 0.1) is 0 Å². The Morgan fingerprint density at radius 1 is 1.53 bits per heavy atom. The van der Waals surface area contributed by atoms with Gasteiger partial charge in [0.25, 0.3) is 0 Å². The summed E-state index contributed by atoms with van der Waals surface area (Å²) in [4.78, 5) is 10.2. The van der Waals surface area contributed by atoms with Gasteiger partial charge < -0.3 is 9.64 Å². The molecule has 0 bridgehead atoms. The summed E-state index contributed by atoms with van der Waals surface area (Å²) in [5, 5.41) is 0.383. The van der Waals surface area contributed by atoms with Crippen LogP contribution in [0.15, 0.2) is 6.33 Å². The molecule has 4 nitrogen and oxygen atoms in total. The zero-order valence-corrected chi connectivity index (χ0v) is 9.82. The lowest BCUT2D eigenvalue weighted by Gasteiger charge is -2.38. The van der Waals surface area contributed by atoms with E-state index in [0.717, 1.165) is 12.2 Å². The van der Waals surface area contributed by atoms with Gasteiger partial charge in [0.2, 0.25) is 0 Å². The summed E-state index contributed by atoms with van der Waals surface area (Å²) in [7, 11) is 2.01. The van der Waals surface area contributed by atoms with Gasteiger partial charge in [0.05, 0.1) is 6.04 Å². The molecule has 0 saturated carbocycles. The highest BCUT2D eigenvalue weighted by atomic mass is 35.5. The minimum Gasteiger partial charge on any atom is -0.482 e. The molecule has 0 aromatic carbocycles. The highest BCUT2D eigenvalue weighted by molar-refractivity contribution is 6.31. The molecule has 2 atom stereocenters. The zero-order valence-electron chi connectivity index (χ0n) is 9.07. The third-order valence-electron chi connectivity index (χ3n) is 2.84. The van der Waals surface area contributed by atoms with Crippen LogP contribution in [0.25, 0.3) is 0 Å². The smallest absolute Gasteiger partial charge is 0.199 e. The summed E-state index contributed by atoms with van der Waals surface area (Å²) in [6.45, 7) is 4.17. The summed E-state index contributed by atoms with van der Waals surface area (Å²) < 4.78 is 5.74. The Kier molecular flexibility index (Phi) is 2.69. The average molecular weight is 228 g/mol. The number of fused-ring (bicyclic) bond motifs is 1. The number of hydrogen-bond acceptors (Lipinski definition) is 4. The molecule has 1 aromatic rings. The second kappa shape index (κ2) is 3.85. The number of rotatable bonds is 1. The van der Waals surface area contributed by atoms with Gasteiger partial charge in [-0.25, -0.2) is 9.97 Å². The van der Waals surface area contributed by atoms with E-state index in [9.17, 15) is 0 Å². The largest absolute Gasteiger partial charge is 0.482 e. The van der Waals surface area contributed by atoms with Crippen LogP contribution in [0.4, 0.5) is 5.82 Å². The number of likely N-dealkylation sites (N-methyl/N-ethyl adjacent to an activating group) is 1. The molecule has 1 aliphatic rings. The topological polar surface area (TPSA) is 38.3 Å². The highest BCUT2D eigenvalue weighted by Crippen LogP contribution is 2.38. The van der Waals surface area contributed by atoms with Crippen LogP contribution in [0.3, 0.4) is 0 Å². The van der Waals surface area contributed by atoms with Gasteiger partial charge in [-0.05, 0) is 13.3 Å². The third-order valence-corrected chi connectivity index (χ3v) is 3.11. The summed E-state index contributed by atoms with van der Waals surface area (Å²) in [6, 6.07) is 0.337. The van der Waals surface area contributed by atoms with Crippen molar-refractivity contribution in [1.29, 1.82) is 0 Å². The molecule has 1 aliphatic heterocycles. The summed E-state index contributed by atoms with van der Waals surface area (Å²) >= 11 is 5.96. The number of anilines is 1. The first-order valence-electron chi connectivity index (χ1n) is 5.05. The molecule has 1 aromatic heterocycles. The van der Waals surface area contributed by atoms with Crippen molar-refractivity contribution in [3.05, 3.63) is 11.5 Å². The van der Waals surface area contributed by atoms with Gasteiger partial charge in [0.15, 0.2) is 16.7 Å². The molecule has 15 heavy (non-hydrogen) atoms. The second-order valence-electron chi connectivity index (χ2n) is 3.73. The van der Waals surface area contributed by atoms with Crippen molar-refractivity contribution in [2.75, 3.05) is 11.9 Å². The lowest BCUT2D eigenvalue weighted by atomic mass is 10.1. The molecular weight excluding hydrogens is 214 g/mol. The predicted molar refractivity (Wildman–Crippen MR) is 59.6 cm³/mol. The third kappa shape index (κ3) is 1.63. The van der Waals surface area contributed by atoms with Crippen molar-refractivity contribution < 1.29 is 4.74 Å². The van der Waals surface area contributed by atoms with Gasteiger partial charge in [-0.1, -0.05) is 18.5 Å². The fourth-order valence-electron chi connectivity index (χ4n) is 2.04. The van der Waals surface area contributed by atoms with E-state index in [-0.39, 0.29) is 6.10 Å². The van der Waals surface area contributed by atoms with Gasteiger partial charge >= 0.3 is 0 Å². The van der Waals surface area contributed by atoms with E-state index in [0.29, 0.717) is 16.9 Å². The minimum absolute atomic E-state index is 0.107.